The highest BCUT2D eigenvalue weighted by Gasteiger charge is 2.27. The molecule has 0 bridgehead atoms. The average Bonchev–Trinajstić information content (AvgIpc) is 2.50. The van der Waals surface area contributed by atoms with Crippen LogP contribution in [0, 0.1) is 11.3 Å². The minimum Gasteiger partial charge on any atom is -0.483 e. The third-order valence-electron chi connectivity index (χ3n) is 3.46. The molecule has 2 aromatic rings. The van der Waals surface area contributed by atoms with Crippen molar-refractivity contribution in [2.24, 2.45) is 0 Å². The smallest absolute Gasteiger partial charge is 0.218 e. The van der Waals surface area contributed by atoms with Crippen molar-refractivity contribution in [3.8, 4) is 11.8 Å². The highest BCUT2D eigenvalue weighted by molar-refractivity contribution is 6.34. The monoisotopic (exact) mass is 346 g/mol. The molecule has 6 heteroatoms. The van der Waals surface area contributed by atoms with Crippen molar-refractivity contribution in [3.05, 3.63) is 68.1 Å². The van der Waals surface area contributed by atoms with E-state index in [1.54, 1.807) is 22.8 Å². The molecule has 0 atom stereocenters. The SMILES string of the molecule is CC1(C)C=C(n2cc(Cl)c(=O)c(Cl)c2)c2cc(C#N)ccc2O1. The van der Waals surface area contributed by atoms with Crippen molar-refractivity contribution in [1.29, 1.82) is 5.26 Å². The number of nitriles is 1. The van der Waals surface area contributed by atoms with Gasteiger partial charge in [-0.25, -0.2) is 0 Å². The van der Waals surface area contributed by atoms with Crippen molar-refractivity contribution in [3.63, 3.8) is 0 Å². The molecule has 2 heterocycles. The van der Waals surface area contributed by atoms with Gasteiger partial charge < -0.3 is 9.30 Å². The molecule has 0 fully saturated rings. The number of pyridine rings is 1. The summed E-state index contributed by atoms with van der Waals surface area (Å²) in [6, 6.07) is 7.30. The first-order valence-corrected chi connectivity index (χ1v) is 7.60. The number of ether oxygens (including phenoxy) is 1. The quantitative estimate of drug-likeness (QED) is 0.781. The number of hydrogen-bond acceptors (Lipinski definition) is 3. The van der Waals surface area contributed by atoms with E-state index in [9.17, 15) is 4.79 Å². The Bertz CT molecular complexity index is 910. The van der Waals surface area contributed by atoms with Gasteiger partial charge in [-0.3, -0.25) is 4.79 Å². The maximum absolute atomic E-state index is 11.7. The van der Waals surface area contributed by atoms with Gasteiger partial charge in [0.1, 0.15) is 21.4 Å². The predicted octanol–water partition coefficient (Wildman–Crippen LogP) is 4.09. The molecule has 0 unspecified atom stereocenters. The topological polar surface area (TPSA) is 55.0 Å². The summed E-state index contributed by atoms with van der Waals surface area (Å²) in [6.45, 7) is 3.83. The number of nitrogens with zero attached hydrogens (tertiary/aromatic N) is 2. The molecule has 0 spiro atoms. The molecular weight excluding hydrogens is 335 g/mol. The Balaban J connectivity index is 2.28. The molecule has 116 valence electrons. The van der Waals surface area contributed by atoms with Crippen molar-refractivity contribution >= 4 is 28.9 Å². The zero-order valence-electron chi connectivity index (χ0n) is 12.4. The zero-order chi connectivity index (χ0) is 16.8. The van der Waals surface area contributed by atoms with Gasteiger partial charge in [-0.1, -0.05) is 23.2 Å². The fourth-order valence-corrected chi connectivity index (χ4v) is 2.94. The molecule has 0 saturated carbocycles. The van der Waals surface area contributed by atoms with Crippen LogP contribution in [0.5, 0.6) is 5.75 Å². The molecule has 1 aromatic heterocycles. The summed E-state index contributed by atoms with van der Waals surface area (Å²) in [5, 5.41) is 9.18. The van der Waals surface area contributed by atoms with Gasteiger partial charge in [0.15, 0.2) is 0 Å². The van der Waals surface area contributed by atoms with Gasteiger partial charge in [-0.05, 0) is 38.1 Å². The Morgan fingerprint density at radius 2 is 1.87 bits per heavy atom. The second-order valence-corrected chi connectivity index (χ2v) is 6.56. The lowest BCUT2D eigenvalue weighted by atomic mass is 9.97. The number of aromatic nitrogens is 1. The van der Waals surface area contributed by atoms with Gasteiger partial charge in [0.2, 0.25) is 5.43 Å². The molecule has 0 saturated heterocycles. The Morgan fingerprint density at radius 3 is 2.48 bits per heavy atom. The first kappa shape index (κ1) is 15.7. The number of fused-ring (bicyclic) bond motifs is 1. The maximum Gasteiger partial charge on any atom is 0.218 e. The van der Waals surface area contributed by atoms with Gasteiger partial charge in [0.25, 0.3) is 0 Å². The lowest BCUT2D eigenvalue weighted by Crippen LogP contribution is -2.30. The van der Waals surface area contributed by atoms with Crippen LogP contribution in [0.4, 0.5) is 0 Å². The molecule has 0 radical (unpaired) electrons. The minimum atomic E-state index is -0.557. The van der Waals surface area contributed by atoms with E-state index in [2.05, 4.69) is 6.07 Å². The van der Waals surface area contributed by atoms with E-state index in [1.165, 1.54) is 12.4 Å². The number of benzene rings is 1. The van der Waals surface area contributed by atoms with E-state index >= 15 is 0 Å². The Hall–Kier alpha value is -2.22. The lowest BCUT2D eigenvalue weighted by Gasteiger charge is -2.32. The van der Waals surface area contributed by atoms with Crippen LogP contribution < -0.4 is 10.2 Å². The molecule has 0 amide bonds. The molecule has 4 nitrogen and oxygen atoms in total. The standard InChI is InChI=1S/C17H12Cl2N2O2/c1-17(2)6-14(21-8-12(18)16(22)13(19)9-21)11-5-10(7-20)3-4-15(11)23-17/h3-6,8-9H,1-2H3. The van der Waals surface area contributed by atoms with Crippen molar-refractivity contribution < 1.29 is 4.74 Å². The second kappa shape index (κ2) is 5.45. The molecule has 23 heavy (non-hydrogen) atoms. The Labute approximate surface area is 143 Å². The molecule has 1 aliphatic rings. The van der Waals surface area contributed by atoms with Crippen molar-refractivity contribution in [1.82, 2.24) is 4.57 Å². The van der Waals surface area contributed by atoms with Gasteiger partial charge >= 0.3 is 0 Å². The van der Waals surface area contributed by atoms with E-state index in [0.29, 0.717) is 11.3 Å². The van der Waals surface area contributed by atoms with Crippen LogP contribution in [0.3, 0.4) is 0 Å². The van der Waals surface area contributed by atoms with Crippen LogP contribution >= 0.6 is 23.2 Å². The molecule has 1 aliphatic heterocycles. The summed E-state index contributed by atoms with van der Waals surface area (Å²) < 4.78 is 7.60. The van der Waals surface area contributed by atoms with Crippen LogP contribution in [0.15, 0.2) is 41.5 Å². The van der Waals surface area contributed by atoms with Crippen molar-refractivity contribution in [2.75, 3.05) is 0 Å². The summed E-state index contributed by atoms with van der Waals surface area (Å²) in [7, 11) is 0. The van der Waals surface area contributed by atoms with Crippen LogP contribution in [-0.4, -0.2) is 10.2 Å². The number of hydrogen-bond donors (Lipinski definition) is 0. The van der Waals surface area contributed by atoms with Crippen LogP contribution in [0.25, 0.3) is 5.70 Å². The minimum absolute atomic E-state index is 0.0284. The molecule has 0 N–H and O–H groups in total. The zero-order valence-corrected chi connectivity index (χ0v) is 13.9. The van der Waals surface area contributed by atoms with Gasteiger partial charge in [-0.15, -0.1) is 0 Å². The predicted molar refractivity (Wildman–Crippen MR) is 90.0 cm³/mol. The van der Waals surface area contributed by atoms with E-state index < -0.39 is 11.0 Å². The van der Waals surface area contributed by atoms with Gasteiger partial charge in [-0.2, -0.15) is 5.26 Å². The largest absolute Gasteiger partial charge is 0.483 e. The van der Waals surface area contributed by atoms with E-state index in [0.717, 1.165) is 11.3 Å². The first-order chi connectivity index (χ1) is 10.8. The molecule has 3 rings (SSSR count). The fourth-order valence-electron chi connectivity index (χ4n) is 2.47. The van der Waals surface area contributed by atoms with Gasteiger partial charge in [0, 0.05) is 18.0 Å². The summed E-state index contributed by atoms with van der Waals surface area (Å²) in [5.41, 5.74) is 1.02. The summed E-state index contributed by atoms with van der Waals surface area (Å²) >= 11 is 11.9. The summed E-state index contributed by atoms with van der Waals surface area (Å²) in [4.78, 5) is 11.7. The van der Waals surface area contributed by atoms with Crippen LogP contribution in [0.2, 0.25) is 10.0 Å². The second-order valence-electron chi connectivity index (χ2n) is 5.75. The lowest BCUT2D eigenvalue weighted by molar-refractivity contribution is 0.157. The van der Waals surface area contributed by atoms with Crippen molar-refractivity contribution in [2.45, 2.75) is 19.4 Å². The van der Waals surface area contributed by atoms with Gasteiger partial charge in [0.05, 0.1) is 17.3 Å². The maximum atomic E-state index is 11.7. The van der Waals surface area contributed by atoms with E-state index in [1.807, 2.05) is 19.9 Å². The van der Waals surface area contributed by atoms with Crippen LogP contribution in [-0.2, 0) is 0 Å². The van der Waals surface area contributed by atoms with E-state index in [4.69, 9.17) is 33.2 Å². The van der Waals surface area contributed by atoms with Crippen LogP contribution in [0.1, 0.15) is 25.0 Å². The fraction of sp³-hybridized carbons (Fsp3) is 0.176. The third-order valence-corrected chi connectivity index (χ3v) is 4.00. The number of halogens is 2. The normalized spacial score (nSPS) is 15.2. The first-order valence-electron chi connectivity index (χ1n) is 6.85. The molecule has 1 aromatic carbocycles. The summed E-state index contributed by atoms with van der Waals surface area (Å²) in [6.07, 6.45) is 4.91. The average molecular weight is 347 g/mol. The van der Waals surface area contributed by atoms with E-state index in [-0.39, 0.29) is 10.0 Å². The Kier molecular flexibility index (Phi) is 3.71. The highest BCUT2D eigenvalue weighted by atomic mass is 35.5. The molecule has 0 aliphatic carbocycles. The summed E-state index contributed by atoms with van der Waals surface area (Å²) in [5.74, 6) is 0.650. The highest BCUT2D eigenvalue weighted by Crippen LogP contribution is 2.37. The molecular formula is C17H12Cl2N2O2. The third kappa shape index (κ3) is 2.86. The Morgan fingerprint density at radius 1 is 1.22 bits per heavy atom. The number of rotatable bonds is 1.